The first-order chi connectivity index (χ1) is 7.42. The third-order valence-corrected chi connectivity index (χ3v) is 1.52. The van der Waals surface area contributed by atoms with Gasteiger partial charge >= 0.3 is 0 Å². The van der Waals surface area contributed by atoms with Crippen molar-refractivity contribution < 1.29 is 4.74 Å². The molecule has 0 atom stereocenters. The van der Waals surface area contributed by atoms with Gasteiger partial charge in [-0.25, -0.2) is 4.68 Å². The molecular weight excluding hydrogens is 201 g/mol. The zero-order valence-electron chi connectivity index (χ0n) is 8.58. The molecule has 0 aliphatic rings. The van der Waals surface area contributed by atoms with Crippen LogP contribution in [0.15, 0.2) is 36.6 Å². The fourth-order valence-electron chi connectivity index (χ4n) is 0.992. The fraction of sp³-hybridized carbons (Fsp3) is 0.125. The summed E-state index contributed by atoms with van der Waals surface area (Å²) in [5.74, 6) is -0.0697. The number of nitrogens with two attached hydrogens (primary N) is 2. The molecule has 8 heteroatoms. The van der Waals surface area contributed by atoms with Gasteiger partial charge in [-0.15, -0.1) is 0 Å². The van der Waals surface area contributed by atoms with E-state index in [1.165, 1.54) is 17.0 Å². The minimum Gasteiger partial charge on any atom is -0.503 e. The maximum absolute atomic E-state index is 5.50. The summed E-state index contributed by atoms with van der Waals surface area (Å²) in [6.45, 7) is 0. The van der Waals surface area contributed by atoms with Crippen LogP contribution in [0.4, 0.5) is 0 Å². The molecular formula is C8H9B3N4O. The third-order valence-electron chi connectivity index (χ3n) is 1.52. The van der Waals surface area contributed by atoms with E-state index in [0.717, 1.165) is 0 Å². The molecule has 4 N–H and O–H groups in total. The summed E-state index contributed by atoms with van der Waals surface area (Å²) in [6.07, 6.45) is 5.97. The van der Waals surface area contributed by atoms with Gasteiger partial charge in [0.1, 0.15) is 23.5 Å². The molecule has 6 radical (unpaired) electrons. The molecule has 0 aromatic carbocycles. The largest absolute Gasteiger partial charge is 0.503 e. The van der Waals surface area contributed by atoms with Crippen LogP contribution in [0.5, 0.6) is 0 Å². The first-order valence-electron chi connectivity index (χ1n) is 4.37. The summed E-state index contributed by atoms with van der Waals surface area (Å²) in [5, 5.41) is 2.13. The second-order valence-electron chi connectivity index (χ2n) is 3.04. The molecule has 16 heavy (non-hydrogen) atoms. The molecule has 1 aromatic heterocycles. The lowest BCUT2D eigenvalue weighted by Crippen LogP contribution is -2.35. The van der Waals surface area contributed by atoms with E-state index in [2.05, 4.69) is 5.10 Å². The first-order valence-corrected chi connectivity index (χ1v) is 4.37. The number of allylic oxidation sites excluding steroid dienone is 2. The molecule has 5 nitrogen and oxygen atoms in total. The van der Waals surface area contributed by atoms with Crippen molar-refractivity contribution in [1.82, 2.24) is 9.78 Å². The Balaban J connectivity index is 2.82. The van der Waals surface area contributed by atoms with Crippen molar-refractivity contribution in [2.24, 2.45) is 11.5 Å². The summed E-state index contributed by atoms with van der Waals surface area (Å²) < 4.78 is 6.29. The maximum atomic E-state index is 5.50. The molecule has 1 heterocycles. The Labute approximate surface area is 97.7 Å². The van der Waals surface area contributed by atoms with Gasteiger partial charge in [0.25, 0.3) is 0 Å². The molecule has 0 aliphatic heterocycles. The standard InChI is InChI=1S/C8H9B3N4O/c9-8(10,11)16-7(13)4-6(5-12)15-3-1-2-14-15/h1-5H,12-13H2/b6-5+,7-4+. The predicted octanol–water partition coefficient (Wildman–Crippen LogP) is -1.43. The topological polar surface area (TPSA) is 79.1 Å². The molecule has 0 saturated carbocycles. The molecule has 0 unspecified atom stereocenters. The SMILES string of the molecule is [B]C([B])([B])O/C(N)=C/C(=C\N)n1cccn1. The van der Waals surface area contributed by atoms with Gasteiger partial charge in [-0.05, 0) is 11.4 Å². The van der Waals surface area contributed by atoms with Crippen molar-refractivity contribution in [2.75, 3.05) is 0 Å². The van der Waals surface area contributed by atoms with Crippen LogP contribution >= 0.6 is 0 Å². The molecule has 0 fully saturated rings. The monoisotopic (exact) mass is 210 g/mol. The van der Waals surface area contributed by atoms with Crippen LogP contribution in [-0.4, -0.2) is 38.6 Å². The Kier molecular flexibility index (Phi) is 3.76. The number of aromatic nitrogens is 2. The van der Waals surface area contributed by atoms with Gasteiger partial charge in [0.15, 0.2) is 5.88 Å². The van der Waals surface area contributed by atoms with E-state index in [-0.39, 0.29) is 5.88 Å². The van der Waals surface area contributed by atoms with Gasteiger partial charge in [0.2, 0.25) is 0 Å². The average molecular weight is 210 g/mol. The maximum Gasteiger partial charge on any atom is 0.184 e. The molecule has 0 spiro atoms. The van der Waals surface area contributed by atoms with E-state index in [1.54, 1.807) is 18.5 Å². The highest BCUT2D eigenvalue weighted by Crippen LogP contribution is 2.07. The van der Waals surface area contributed by atoms with E-state index in [1.807, 2.05) is 0 Å². The van der Waals surface area contributed by atoms with Gasteiger partial charge in [0.05, 0.1) is 5.70 Å². The lowest BCUT2D eigenvalue weighted by Gasteiger charge is -2.23. The summed E-state index contributed by atoms with van der Waals surface area (Å²) >= 11 is 0. The number of hydrogen-bond acceptors (Lipinski definition) is 4. The first kappa shape index (κ1) is 12.4. The summed E-state index contributed by atoms with van der Waals surface area (Å²) in [6, 6.07) is 1.73. The van der Waals surface area contributed by atoms with Crippen molar-refractivity contribution in [3.05, 3.63) is 36.6 Å². The number of ether oxygens (including phenoxy) is 1. The van der Waals surface area contributed by atoms with Gasteiger partial charge in [0, 0.05) is 24.7 Å². The van der Waals surface area contributed by atoms with Gasteiger partial charge < -0.3 is 16.2 Å². The zero-order valence-corrected chi connectivity index (χ0v) is 8.58. The van der Waals surface area contributed by atoms with Gasteiger partial charge in [-0.1, -0.05) is 0 Å². The number of nitrogens with zero attached hydrogens (tertiary/aromatic N) is 2. The second kappa shape index (κ2) is 4.87. The molecule has 1 aromatic rings. The van der Waals surface area contributed by atoms with Crippen molar-refractivity contribution >= 4 is 29.2 Å². The smallest absolute Gasteiger partial charge is 0.184 e. The number of hydrogen-bond donors (Lipinski definition) is 2. The second-order valence-corrected chi connectivity index (χ2v) is 3.04. The van der Waals surface area contributed by atoms with Crippen LogP contribution in [0.1, 0.15) is 0 Å². The molecule has 1 rings (SSSR count). The van der Waals surface area contributed by atoms with Gasteiger partial charge in [-0.3, -0.25) is 0 Å². The molecule has 0 bridgehead atoms. The normalized spacial score (nSPS) is 13.8. The number of rotatable bonds is 4. The lowest BCUT2D eigenvalue weighted by molar-refractivity contribution is 0.206. The highest BCUT2D eigenvalue weighted by Gasteiger charge is 2.11. The van der Waals surface area contributed by atoms with E-state index in [9.17, 15) is 0 Å². The highest BCUT2D eigenvalue weighted by molar-refractivity contribution is 6.58. The Morgan fingerprint density at radius 2 is 2.12 bits per heavy atom. The lowest BCUT2D eigenvalue weighted by atomic mass is 9.52. The minimum atomic E-state index is -1.83. The zero-order chi connectivity index (χ0) is 12.2. The average Bonchev–Trinajstić information content (AvgIpc) is 2.63. The summed E-state index contributed by atoms with van der Waals surface area (Å²) in [4.78, 5) is 0. The Bertz CT molecular complexity index is 394. The predicted molar refractivity (Wildman–Crippen MR) is 64.0 cm³/mol. The third kappa shape index (κ3) is 3.80. The Hall–Kier alpha value is -1.72. The minimum absolute atomic E-state index is 0.0697. The van der Waals surface area contributed by atoms with Crippen LogP contribution in [-0.2, 0) is 4.74 Å². The van der Waals surface area contributed by atoms with Crippen molar-refractivity contribution in [2.45, 2.75) is 5.30 Å². The van der Waals surface area contributed by atoms with Crippen LogP contribution in [0.25, 0.3) is 5.70 Å². The summed E-state index contributed by atoms with van der Waals surface area (Å²) in [5.41, 5.74) is 11.4. The van der Waals surface area contributed by atoms with E-state index in [4.69, 9.17) is 39.7 Å². The molecule has 0 saturated heterocycles. The fourth-order valence-corrected chi connectivity index (χ4v) is 0.992. The van der Waals surface area contributed by atoms with Crippen molar-refractivity contribution in [3.8, 4) is 0 Å². The van der Waals surface area contributed by atoms with E-state index >= 15 is 0 Å². The van der Waals surface area contributed by atoms with Crippen LogP contribution in [0.3, 0.4) is 0 Å². The highest BCUT2D eigenvalue weighted by atomic mass is 16.5. The van der Waals surface area contributed by atoms with E-state index in [0.29, 0.717) is 5.70 Å². The molecule has 76 valence electrons. The van der Waals surface area contributed by atoms with Gasteiger partial charge in [-0.2, -0.15) is 5.10 Å². The molecule has 0 aliphatic carbocycles. The van der Waals surface area contributed by atoms with Crippen LogP contribution in [0.2, 0.25) is 0 Å². The van der Waals surface area contributed by atoms with E-state index < -0.39 is 5.30 Å². The van der Waals surface area contributed by atoms with Crippen molar-refractivity contribution in [3.63, 3.8) is 0 Å². The quantitative estimate of drug-likeness (QED) is 0.362. The van der Waals surface area contributed by atoms with Crippen LogP contribution in [0, 0.1) is 0 Å². The molecule has 0 amide bonds. The Morgan fingerprint density at radius 1 is 1.44 bits per heavy atom. The Morgan fingerprint density at radius 3 is 2.56 bits per heavy atom. The van der Waals surface area contributed by atoms with Crippen LogP contribution < -0.4 is 11.5 Å². The van der Waals surface area contributed by atoms with Crippen molar-refractivity contribution in [1.29, 1.82) is 0 Å². The summed E-state index contributed by atoms with van der Waals surface area (Å²) in [7, 11) is 15.6.